The van der Waals surface area contributed by atoms with Crippen molar-refractivity contribution in [3.63, 3.8) is 0 Å². The van der Waals surface area contributed by atoms with Crippen LogP contribution in [0, 0.1) is 18.6 Å². The van der Waals surface area contributed by atoms with Gasteiger partial charge in [-0.3, -0.25) is 0 Å². The number of aryl methyl sites for hydroxylation is 1. The summed E-state index contributed by atoms with van der Waals surface area (Å²) in [5.41, 5.74) is 1.78. The van der Waals surface area contributed by atoms with E-state index in [1.807, 2.05) is 0 Å². The Hall–Kier alpha value is -1.94. The van der Waals surface area contributed by atoms with Crippen LogP contribution in [0.5, 0.6) is 0 Å². The molecule has 1 saturated heterocycles. The number of aliphatic hydroxyl groups is 5. The third kappa shape index (κ3) is 3.93. The van der Waals surface area contributed by atoms with Crippen molar-refractivity contribution in [2.75, 3.05) is 6.61 Å². The maximum absolute atomic E-state index is 13.5. The molecule has 6 atom stereocenters. The molecule has 1 unspecified atom stereocenters. The van der Waals surface area contributed by atoms with Crippen LogP contribution in [0.4, 0.5) is 8.78 Å². The van der Waals surface area contributed by atoms with Crippen LogP contribution in [-0.4, -0.2) is 62.7 Å². The molecule has 8 heteroatoms. The highest BCUT2D eigenvalue weighted by Gasteiger charge is 2.46. The minimum Gasteiger partial charge on any atom is -0.394 e. The van der Waals surface area contributed by atoms with Gasteiger partial charge in [-0.05, 0) is 41.3 Å². The normalized spacial score (nSPS) is 28.9. The topological polar surface area (TPSA) is 110 Å². The average molecular weight is 396 g/mol. The van der Waals surface area contributed by atoms with Gasteiger partial charge in [-0.1, -0.05) is 18.2 Å². The second-order valence-electron chi connectivity index (χ2n) is 6.97. The molecule has 0 amide bonds. The first-order valence-corrected chi connectivity index (χ1v) is 8.78. The Labute approximate surface area is 160 Å². The number of halogens is 2. The Morgan fingerprint density at radius 2 is 1.57 bits per heavy atom. The van der Waals surface area contributed by atoms with E-state index < -0.39 is 54.9 Å². The first-order valence-electron chi connectivity index (χ1n) is 8.78. The number of aliphatic hydroxyl groups excluding tert-OH is 5. The van der Waals surface area contributed by atoms with Crippen LogP contribution in [-0.2, 0) is 4.74 Å². The van der Waals surface area contributed by atoms with Crippen molar-refractivity contribution in [1.82, 2.24) is 0 Å². The van der Waals surface area contributed by atoms with Crippen LogP contribution >= 0.6 is 0 Å². The summed E-state index contributed by atoms with van der Waals surface area (Å²) < 4.78 is 32.3. The maximum Gasteiger partial charge on any atom is 0.126 e. The molecule has 0 spiro atoms. The van der Waals surface area contributed by atoms with Crippen LogP contribution in [0.1, 0.15) is 17.2 Å². The summed E-state index contributed by atoms with van der Waals surface area (Å²) in [6, 6.07) is 7.85. The smallest absolute Gasteiger partial charge is 0.126 e. The van der Waals surface area contributed by atoms with Gasteiger partial charge in [0.05, 0.1) is 6.61 Å². The van der Waals surface area contributed by atoms with Crippen molar-refractivity contribution in [3.8, 4) is 11.1 Å². The predicted molar refractivity (Wildman–Crippen MR) is 95.3 cm³/mol. The van der Waals surface area contributed by atoms with Crippen LogP contribution in [0.2, 0.25) is 0 Å². The molecule has 2 aromatic rings. The van der Waals surface area contributed by atoms with Crippen molar-refractivity contribution >= 4 is 0 Å². The highest BCUT2D eigenvalue weighted by Crippen LogP contribution is 2.33. The van der Waals surface area contributed by atoms with Crippen molar-refractivity contribution < 1.29 is 39.1 Å². The minimum absolute atomic E-state index is 0.328. The molecule has 1 aliphatic rings. The lowest BCUT2D eigenvalue weighted by Gasteiger charge is -2.42. The fourth-order valence-electron chi connectivity index (χ4n) is 3.48. The number of rotatable bonds is 4. The molecule has 2 aromatic carbocycles. The van der Waals surface area contributed by atoms with E-state index in [0.717, 1.165) is 6.07 Å². The molecular weight excluding hydrogens is 374 g/mol. The lowest BCUT2D eigenvalue weighted by Crippen LogP contribution is -2.59. The molecule has 6 nitrogen and oxygen atoms in total. The van der Waals surface area contributed by atoms with Gasteiger partial charge < -0.3 is 30.3 Å². The molecule has 0 radical (unpaired) electrons. The Morgan fingerprint density at radius 3 is 2.14 bits per heavy atom. The van der Waals surface area contributed by atoms with Gasteiger partial charge in [0.2, 0.25) is 0 Å². The zero-order chi connectivity index (χ0) is 20.6. The molecule has 0 saturated carbocycles. The van der Waals surface area contributed by atoms with Crippen molar-refractivity contribution in [2.24, 2.45) is 0 Å². The van der Waals surface area contributed by atoms with E-state index in [4.69, 9.17) is 4.74 Å². The Bertz CT molecular complexity index is 823. The fourth-order valence-corrected chi connectivity index (χ4v) is 3.48. The summed E-state index contributed by atoms with van der Waals surface area (Å²) in [4.78, 5) is 0. The summed E-state index contributed by atoms with van der Waals surface area (Å²) in [6.45, 7) is 1.07. The van der Waals surface area contributed by atoms with Gasteiger partial charge >= 0.3 is 0 Å². The zero-order valence-corrected chi connectivity index (χ0v) is 15.0. The van der Waals surface area contributed by atoms with Crippen LogP contribution in [0.3, 0.4) is 0 Å². The highest BCUT2D eigenvalue weighted by molar-refractivity contribution is 5.65. The van der Waals surface area contributed by atoms with Gasteiger partial charge in [0, 0.05) is 6.07 Å². The minimum atomic E-state index is -1.60. The monoisotopic (exact) mass is 396 g/mol. The summed E-state index contributed by atoms with van der Waals surface area (Å²) in [7, 11) is 0. The van der Waals surface area contributed by atoms with Crippen LogP contribution in [0.15, 0.2) is 36.4 Å². The largest absolute Gasteiger partial charge is 0.394 e. The highest BCUT2D eigenvalue weighted by atomic mass is 19.1. The lowest BCUT2D eigenvalue weighted by molar-refractivity contribution is -0.250. The third-order valence-corrected chi connectivity index (χ3v) is 5.02. The van der Waals surface area contributed by atoms with E-state index in [2.05, 4.69) is 0 Å². The predicted octanol–water partition coefficient (Wildman–Crippen LogP) is 0.816. The van der Waals surface area contributed by atoms with Gasteiger partial charge in [-0.15, -0.1) is 0 Å². The summed E-state index contributed by atoms with van der Waals surface area (Å²) in [5, 5.41) is 49.9. The molecule has 152 valence electrons. The Kier molecular flexibility index (Phi) is 6.09. The molecule has 1 aliphatic heterocycles. The van der Waals surface area contributed by atoms with Crippen LogP contribution < -0.4 is 0 Å². The number of hydrogen-bond donors (Lipinski definition) is 5. The maximum atomic E-state index is 13.5. The second kappa shape index (κ2) is 8.20. The molecule has 0 aromatic heterocycles. The summed E-state index contributed by atoms with van der Waals surface area (Å²) >= 11 is 0. The third-order valence-electron chi connectivity index (χ3n) is 5.02. The molecule has 5 N–H and O–H groups in total. The molecule has 0 bridgehead atoms. The van der Waals surface area contributed by atoms with Gasteiger partial charge in [-0.25, -0.2) is 8.78 Å². The zero-order valence-electron chi connectivity index (χ0n) is 15.0. The molecule has 3 rings (SSSR count). The van der Waals surface area contributed by atoms with Gasteiger partial charge in [0.15, 0.2) is 0 Å². The van der Waals surface area contributed by atoms with E-state index >= 15 is 0 Å². The lowest BCUT2D eigenvalue weighted by atomic mass is 9.88. The molecular formula is C20H22F2O6. The van der Waals surface area contributed by atoms with E-state index in [9.17, 15) is 34.3 Å². The van der Waals surface area contributed by atoms with Crippen molar-refractivity contribution in [3.05, 3.63) is 59.2 Å². The van der Waals surface area contributed by atoms with Crippen molar-refractivity contribution in [1.29, 1.82) is 0 Å². The van der Waals surface area contributed by atoms with E-state index in [-0.39, 0.29) is 0 Å². The second-order valence-corrected chi connectivity index (χ2v) is 6.97. The fraction of sp³-hybridized carbons (Fsp3) is 0.400. The molecule has 0 aliphatic carbocycles. The van der Waals surface area contributed by atoms with E-state index in [1.54, 1.807) is 19.1 Å². The first-order chi connectivity index (χ1) is 13.2. The molecule has 1 heterocycles. The molecule has 1 fully saturated rings. The standard InChI is InChI=1S/C20H22F2O6/c1-9-4-10(11-5-12(21)7-13(22)6-11)2-3-14(9)16(24)20-19(27)18(26)17(25)15(8-23)28-20/h2-7,15-20,23-27H,8H2,1H3/t15-,16?,17-,18+,19+,20-/m1/s1. The quantitative estimate of drug-likeness (QED) is 0.523. The van der Waals surface area contributed by atoms with Crippen molar-refractivity contribution in [2.45, 2.75) is 43.5 Å². The van der Waals surface area contributed by atoms with E-state index in [0.29, 0.717) is 22.3 Å². The summed E-state index contributed by atoms with van der Waals surface area (Å²) in [6.07, 6.45) is -8.48. The average Bonchev–Trinajstić information content (AvgIpc) is 2.65. The first kappa shape index (κ1) is 20.8. The number of ether oxygens (including phenoxy) is 1. The summed E-state index contributed by atoms with van der Waals surface area (Å²) in [5.74, 6) is -1.42. The van der Waals surface area contributed by atoms with Gasteiger partial charge in [0.1, 0.15) is 48.3 Å². The van der Waals surface area contributed by atoms with Gasteiger partial charge in [0.25, 0.3) is 0 Å². The number of hydrogen-bond acceptors (Lipinski definition) is 6. The van der Waals surface area contributed by atoms with Crippen LogP contribution in [0.25, 0.3) is 11.1 Å². The Balaban J connectivity index is 1.89. The molecule has 28 heavy (non-hydrogen) atoms. The Morgan fingerprint density at radius 1 is 0.929 bits per heavy atom. The number of benzene rings is 2. The van der Waals surface area contributed by atoms with E-state index in [1.165, 1.54) is 18.2 Å². The van der Waals surface area contributed by atoms with Gasteiger partial charge in [-0.2, -0.15) is 0 Å². The SMILES string of the molecule is Cc1cc(-c2cc(F)cc(F)c2)ccc1C(O)[C@H]1O[C@H](CO)[C@@H](O)[C@H](O)[C@@H]1O.